The zero-order chi connectivity index (χ0) is 24.5. The number of aromatic hydroxyl groups is 1. The number of aliphatic hydroxyl groups is 1. The molecule has 0 saturated carbocycles. The fourth-order valence-electron chi connectivity index (χ4n) is 3.26. The number of aromatic nitrogens is 2. The molecule has 1 heterocycles. The number of alkyl halides is 2. The van der Waals surface area contributed by atoms with Gasteiger partial charge < -0.3 is 20.5 Å². The zero-order valence-corrected chi connectivity index (χ0v) is 18.1. The predicted molar refractivity (Wildman–Crippen MR) is 122 cm³/mol. The number of hydrogen-bond acceptors (Lipinski definition) is 5. The molecule has 4 N–H and O–H groups in total. The average Bonchev–Trinajstić information content (AvgIpc) is 2.83. The van der Waals surface area contributed by atoms with E-state index in [9.17, 15) is 23.5 Å². The van der Waals surface area contributed by atoms with Crippen LogP contribution in [0.3, 0.4) is 0 Å². The summed E-state index contributed by atoms with van der Waals surface area (Å²) in [7, 11) is 0. The highest BCUT2D eigenvalue weighted by Gasteiger charge is 2.27. The van der Waals surface area contributed by atoms with Crippen molar-refractivity contribution in [1.29, 1.82) is 0 Å². The molecule has 0 aliphatic heterocycles. The van der Waals surface area contributed by atoms with Crippen molar-refractivity contribution in [3.63, 3.8) is 0 Å². The van der Waals surface area contributed by atoms with E-state index < -0.39 is 36.1 Å². The van der Waals surface area contributed by atoms with Crippen LogP contribution in [0.1, 0.15) is 33.9 Å². The van der Waals surface area contributed by atoms with E-state index in [1.165, 1.54) is 0 Å². The summed E-state index contributed by atoms with van der Waals surface area (Å²) in [5, 5.41) is 21.2. The summed E-state index contributed by atoms with van der Waals surface area (Å²) in [6.07, 6.45) is -1.09. The minimum absolute atomic E-state index is 0.0269. The van der Waals surface area contributed by atoms with Crippen LogP contribution in [0.2, 0.25) is 0 Å². The van der Waals surface area contributed by atoms with Crippen LogP contribution in [0.15, 0.2) is 59.7 Å². The molecule has 176 valence electrons. The van der Waals surface area contributed by atoms with Crippen molar-refractivity contribution in [3.05, 3.63) is 93.2 Å². The fraction of sp³-hybridized carbons (Fsp3) is 0.240. The first-order valence-corrected chi connectivity index (χ1v) is 10.5. The number of halogens is 2. The molecule has 0 aliphatic carbocycles. The molecular formula is C25H23F2N3O4. The number of H-pyrrole nitrogens is 1. The van der Waals surface area contributed by atoms with Crippen LogP contribution in [0.4, 0.5) is 8.78 Å². The van der Waals surface area contributed by atoms with Gasteiger partial charge in [0.15, 0.2) is 0 Å². The van der Waals surface area contributed by atoms with E-state index in [0.717, 1.165) is 23.0 Å². The number of aliphatic hydroxyl groups excluding tert-OH is 1. The van der Waals surface area contributed by atoms with Gasteiger partial charge in [-0.05, 0) is 48.2 Å². The summed E-state index contributed by atoms with van der Waals surface area (Å²) in [6, 6.07) is 14.5. The zero-order valence-electron chi connectivity index (χ0n) is 18.1. The minimum Gasteiger partial charge on any atom is -0.502 e. The van der Waals surface area contributed by atoms with Gasteiger partial charge in [0.1, 0.15) is 5.69 Å². The van der Waals surface area contributed by atoms with Gasteiger partial charge in [0.2, 0.25) is 11.7 Å². The Morgan fingerprint density at radius 2 is 1.62 bits per heavy atom. The summed E-state index contributed by atoms with van der Waals surface area (Å²) in [6.45, 7) is -0.767. The van der Waals surface area contributed by atoms with Crippen molar-refractivity contribution in [2.45, 2.75) is 25.2 Å². The van der Waals surface area contributed by atoms with Gasteiger partial charge in [0, 0.05) is 17.7 Å². The lowest BCUT2D eigenvalue weighted by molar-refractivity contribution is -0.123. The smallest absolute Gasteiger partial charge is 0.293 e. The minimum atomic E-state index is -2.74. The summed E-state index contributed by atoms with van der Waals surface area (Å²) >= 11 is 0. The van der Waals surface area contributed by atoms with Crippen molar-refractivity contribution in [2.24, 2.45) is 0 Å². The van der Waals surface area contributed by atoms with E-state index in [4.69, 9.17) is 5.11 Å². The first kappa shape index (κ1) is 24.6. The molecule has 2 aromatic carbocycles. The number of aromatic amines is 1. The van der Waals surface area contributed by atoms with Crippen molar-refractivity contribution >= 4 is 5.91 Å². The maximum absolute atomic E-state index is 12.6. The molecule has 0 radical (unpaired) electrons. The molecule has 1 atom stereocenters. The largest absolute Gasteiger partial charge is 0.502 e. The third kappa shape index (κ3) is 6.73. The van der Waals surface area contributed by atoms with Crippen LogP contribution in [0.25, 0.3) is 0 Å². The van der Waals surface area contributed by atoms with Crippen LogP contribution in [-0.4, -0.2) is 45.7 Å². The van der Waals surface area contributed by atoms with Crippen LogP contribution in [0.5, 0.6) is 5.75 Å². The topological polar surface area (TPSA) is 115 Å². The molecule has 7 nitrogen and oxygen atoms in total. The highest BCUT2D eigenvalue weighted by molar-refractivity contribution is 5.84. The monoisotopic (exact) mass is 467 g/mol. The van der Waals surface area contributed by atoms with Crippen molar-refractivity contribution in [1.82, 2.24) is 15.3 Å². The summed E-state index contributed by atoms with van der Waals surface area (Å²) in [5.41, 5.74) is 2.20. The van der Waals surface area contributed by atoms with E-state index in [0.29, 0.717) is 12.0 Å². The van der Waals surface area contributed by atoms with E-state index in [1.54, 1.807) is 24.3 Å². The molecular weight excluding hydrogens is 444 g/mol. The number of hydrogen-bond donors (Lipinski definition) is 4. The first-order chi connectivity index (χ1) is 16.4. The fourth-order valence-corrected chi connectivity index (χ4v) is 3.26. The molecule has 9 heteroatoms. The van der Waals surface area contributed by atoms with E-state index >= 15 is 0 Å². The normalized spacial score (nSPS) is 11.5. The molecule has 0 saturated heterocycles. The average molecular weight is 467 g/mol. The lowest BCUT2D eigenvalue weighted by Crippen LogP contribution is -2.34. The van der Waals surface area contributed by atoms with Crippen LogP contribution in [0, 0.1) is 11.8 Å². The summed E-state index contributed by atoms with van der Waals surface area (Å²) in [4.78, 5) is 30.4. The Labute approximate surface area is 194 Å². The number of nitrogens with one attached hydrogen (secondary N) is 2. The Hall–Kier alpha value is -4.03. The van der Waals surface area contributed by atoms with Crippen molar-refractivity contribution in [2.75, 3.05) is 13.2 Å². The number of benzene rings is 2. The van der Waals surface area contributed by atoms with Crippen molar-refractivity contribution in [3.8, 4) is 17.6 Å². The first-order valence-electron chi connectivity index (χ1n) is 10.5. The quantitative estimate of drug-likeness (QED) is 0.379. The second kappa shape index (κ2) is 11.7. The third-order valence-corrected chi connectivity index (χ3v) is 5.03. The van der Waals surface area contributed by atoms with Gasteiger partial charge in [0.25, 0.3) is 12.0 Å². The Bertz CT molecular complexity index is 1230. The molecule has 0 fully saturated rings. The molecule has 34 heavy (non-hydrogen) atoms. The highest BCUT2D eigenvalue weighted by atomic mass is 19.3. The SMILES string of the molecule is O=C(NCC(F)F)C(Cc1ccc(C#Cc2ccc(CCO)cc2)cc1)c1nc[nH]c(=O)c1O. The van der Waals surface area contributed by atoms with Gasteiger partial charge in [0.05, 0.1) is 18.8 Å². The molecule has 3 rings (SSSR count). The van der Waals surface area contributed by atoms with Crippen LogP contribution < -0.4 is 10.9 Å². The highest BCUT2D eigenvalue weighted by Crippen LogP contribution is 2.24. The molecule has 0 aliphatic rings. The van der Waals surface area contributed by atoms with E-state index in [-0.39, 0.29) is 18.7 Å². The van der Waals surface area contributed by atoms with Crippen LogP contribution in [-0.2, 0) is 17.6 Å². The van der Waals surface area contributed by atoms with Crippen LogP contribution >= 0.6 is 0 Å². The number of amides is 1. The second-order valence-electron chi connectivity index (χ2n) is 7.48. The van der Waals surface area contributed by atoms with E-state index in [1.807, 2.05) is 24.3 Å². The summed E-state index contributed by atoms with van der Waals surface area (Å²) in [5.74, 6) is 3.44. The number of nitrogens with zero attached hydrogens (tertiary/aromatic N) is 1. The molecule has 1 amide bonds. The molecule has 3 aromatic rings. The maximum atomic E-state index is 12.6. The van der Waals surface area contributed by atoms with Gasteiger partial charge in [-0.3, -0.25) is 9.59 Å². The molecule has 0 bridgehead atoms. The Balaban J connectivity index is 1.77. The van der Waals surface area contributed by atoms with Gasteiger partial charge in [-0.2, -0.15) is 0 Å². The van der Waals surface area contributed by atoms with Gasteiger partial charge in [-0.25, -0.2) is 13.8 Å². The lowest BCUT2D eigenvalue weighted by Gasteiger charge is -2.17. The number of rotatable bonds is 8. The van der Waals surface area contributed by atoms with E-state index in [2.05, 4.69) is 27.1 Å². The molecule has 1 unspecified atom stereocenters. The third-order valence-electron chi connectivity index (χ3n) is 5.03. The Morgan fingerprint density at radius 1 is 1.03 bits per heavy atom. The lowest BCUT2D eigenvalue weighted by atomic mass is 9.94. The number of carbonyl (C=O) groups excluding carboxylic acids is 1. The number of carbonyl (C=O) groups is 1. The van der Waals surface area contributed by atoms with Gasteiger partial charge >= 0.3 is 0 Å². The second-order valence-corrected chi connectivity index (χ2v) is 7.48. The standard InChI is InChI=1S/C25H23F2N3O4/c26-21(27)14-28-24(33)20(22-23(32)25(34)30-15-29-22)13-19-9-7-17(8-10-19)2-1-16-3-5-18(6-4-16)11-12-31/h3-10,15,20-21,31-32H,11-14H2,(H,28,33)(H,29,30,34). The molecule has 0 spiro atoms. The van der Waals surface area contributed by atoms with Crippen molar-refractivity contribution < 1.29 is 23.8 Å². The van der Waals surface area contributed by atoms with Gasteiger partial charge in [-0.15, -0.1) is 0 Å². The molecule has 1 aromatic heterocycles. The maximum Gasteiger partial charge on any atom is 0.293 e. The summed E-state index contributed by atoms with van der Waals surface area (Å²) < 4.78 is 25.1. The van der Waals surface area contributed by atoms with Gasteiger partial charge in [-0.1, -0.05) is 36.1 Å². The Morgan fingerprint density at radius 3 is 2.18 bits per heavy atom. The predicted octanol–water partition coefficient (Wildman–Crippen LogP) is 2.12. The Kier molecular flexibility index (Phi) is 8.48.